The molecule has 0 aromatic heterocycles. The summed E-state index contributed by atoms with van der Waals surface area (Å²) in [6.45, 7) is 5.26. The Kier molecular flexibility index (Phi) is 4.86. The lowest BCUT2D eigenvalue weighted by atomic mass is 9.54. The number of fused-ring (bicyclic) bond motifs is 4. The number of carbonyl (C=O) groups excluding carboxylic acids is 2. The highest BCUT2D eigenvalue weighted by Crippen LogP contribution is 2.61. The third-order valence-electron chi connectivity index (χ3n) is 7.96. The number of aliphatic hydroxyl groups excluding tert-OH is 1. The van der Waals surface area contributed by atoms with E-state index in [0.29, 0.717) is 24.2 Å². The van der Waals surface area contributed by atoms with Gasteiger partial charge in [-0.1, -0.05) is 12.5 Å². The summed E-state index contributed by atoms with van der Waals surface area (Å²) in [6.07, 6.45) is 6.93. The highest BCUT2D eigenvalue weighted by molar-refractivity contribution is 5.67. The largest absolute Gasteiger partial charge is 0.462 e. The minimum absolute atomic E-state index is 0.0540. The van der Waals surface area contributed by atoms with Crippen LogP contribution in [0.25, 0.3) is 0 Å². The quantitative estimate of drug-likeness (QED) is 0.589. The fraction of sp³-hybridized carbons (Fsp3) is 0.818. The molecule has 0 aliphatic heterocycles. The van der Waals surface area contributed by atoms with Gasteiger partial charge in [0, 0.05) is 19.3 Å². The van der Waals surface area contributed by atoms with Gasteiger partial charge >= 0.3 is 11.9 Å². The van der Waals surface area contributed by atoms with Gasteiger partial charge in [0.05, 0.1) is 6.10 Å². The van der Waals surface area contributed by atoms with Gasteiger partial charge < -0.3 is 14.6 Å². The van der Waals surface area contributed by atoms with Crippen molar-refractivity contribution in [3.05, 3.63) is 11.1 Å². The molecule has 150 valence electrons. The van der Waals surface area contributed by atoms with Crippen LogP contribution >= 0.6 is 0 Å². The van der Waals surface area contributed by atoms with Crippen LogP contribution in [0.1, 0.15) is 72.1 Å². The number of hydrogen-bond donors (Lipinski definition) is 1. The Morgan fingerprint density at radius 3 is 2.37 bits per heavy atom. The first-order chi connectivity index (χ1) is 12.8. The Bertz CT molecular complexity index is 668. The van der Waals surface area contributed by atoms with Crippen molar-refractivity contribution in [3.8, 4) is 0 Å². The van der Waals surface area contributed by atoms with Gasteiger partial charge in [-0.3, -0.25) is 9.59 Å². The van der Waals surface area contributed by atoms with Gasteiger partial charge in [0.15, 0.2) is 0 Å². The zero-order valence-corrected chi connectivity index (χ0v) is 16.7. The first-order valence-electron chi connectivity index (χ1n) is 10.6. The Balaban J connectivity index is 1.59. The summed E-state index contributed by atoms with van der Waals surface area (Å²) >= 11 is 0. The maximum Gasteiger partial charge on any atom is 0.303 e. The monoisotopic (exact) mass is 376 g/mol. The second kappa shape index (κ2) is 6.91. The van der Waals surface area contributed by atoms with E-state index in [9.17, 15) is 14.7 Å². The van der Waals surface area contributed by atoms with E-state index < -0.39 is 12.2 Å². The van der Waals surface area contributed by atoms with Crippen LogP contribution in [0.3, 0.4) is 0 Å². The van der Waals surface area contributed by atoms with E-state index in [1.807, 2.05) is 0 Å². The molecule has 2 saturated carbocycles. The minimum Gasteiger partial charge on any atom is -0.462 e. The molecule has 4 aliphatic rings. The maximum atomic E-state index is 11.5. The van der Waals surface area contributed by atoms with Crippen molar-refractivity contribution in [2.24, 2.45) is 23.2 Å². The average Bonchev–Trinajstić information content (AvgIpc) is 2.93. The number of hydrogen-bond acceptors (Lipinski definition) is 5. The zero-order valence-electron chi connectivity index (χ0n) is 16.7. The lowest BCUT2D eigenvalue weighted by Gasteiger charge is -2.52. The van der Waals surface area contributed by atoms with Crippen molar-refractivity contribution >= 4 is 11.9 Å². The molecule has 0 aromatic carbocycles. The van der Waals surface area contributed by atoms with E-state index in [0.717, 1.165) is 44.9 Å². The summed E-state index contributed by atoms with van der Waals surface area (Å²) in [5, 5.41) is 10.4. The lowest BCUT2D eigenvalue weighted by molar-refractivity contribution is -0.156. The Labute approximate surface area is 161 Å². The second-order valence-corrected chi connectivity index (χ2v) is 9.32. The summed E-state index contributed by atoms with van der Waals surface area (Å²) in [5.41, 5.74) is 2.75. The molecule has 5 nitrogen and oxygen atoms in total. The SMILES string of the molecule is CC(=O)O[C@@H]1C2=C(CC[C@H]1O)[C@H]1CC[C@]3(C)[C@@H](OC(C)=O)CC[C@H]3[C@@H]1CC2. The van der Waals surface area contributed by atoms with Crippen molar-refractivity contribution in [2.75, 3.05) is 0 Å². The number of carbonyl (C=O) groups is 2. The zero-order chi connectivity index (χ0) is 19.3. The van der Waals surface area contributed by atoms with Crippen molar-refractivity contribution in [3.63, 3.8) is 0 Å². The Morgan fingerprint density at radius 1 is 0.963 bits per heavy atom. The molecular formula is C22H32O5. The van der Waals surface area contributed by atoms with E-state index in [-0.39, 0.29) is 23.5 Å². The van der Waals surface area contributed by atoms with Gasteiger partial charge in [0.2, 0.25) is 0 Å². The van der Waals surface area contributed by atoms with E-state index in [1.54, 1.807) is 0 Å². The van der Waals surface area contributed by atoms with Gasteiger partial charge in [0.1, 0.15) is 12.2 Å². The molecule has 0 radical (unpaired) electrons. The van der Waals surface area contributed by atoms with E-state index in [1.165, 1.54) is 25.0 Å². The molecule has 0 aromatic rings. The minimum atomic E-state index is -0.571. The predicted molar refractivity (Wildman–Crippen MR) is 99.7 cm³/mol. The normalized spacial score (nSPS) is 43.4. The summed E-state index contributed by atoms with van der Waals surface area (Å²) in [7, 11) is 0. The van der Waals surface area contributed by atoms with Crippen LogP contribution in [0.5, 0.6) is 0 Å². The van der Waals surface area contributed by atoms with Crippen LogP contribution in [0.4, 0.5) is 0 Å². The third-order valence-corrected chi connectivity index (χ3v) is 7.96. The van der Waals surface area contributed by atoms with Gasteiger partial charge in [0.25, 0.3) is 0 Å². The van der Waals surface area contributed by atoms with E-state index >= 15 is 0 Å². The molecule has 0 bridgehead atoms. The Hall–Kier alpha value is -1.36. The van der Waals surface area contributed by atoms with Gasteiger partial charge in [-0.15, -0.1) is 0 Å². The molecule has 2 fully saturated rings. The standard InChI is InChI=1S/C22H32O5/c1-12(23)26-20-9-7-18-16-4-5-17-14(15(16)10-11-22(18,20)3)6-8-19(25)21(17)27-13(2)24/h15-16,18-21,25H,4-11H2,1-3H3/t15-,16-,18+,19-,20+,21-,22+/m1/s1. The highest BCUT2D eigenvalue weighted by atomic mass is 16.6. The molecular weight excluding hydrogens is 344 g/mol. The van der Waals surface area contributed by atoms with Crippen molar-refractivity contribution in [1.82, 2.24) is 0 Å². The van der Waals surface area contributed by atoms with Crippen molar-refractivity contribution < 1.29 is 24.2 Å². The second-order valence-electron chi connectivity index (χ2n) is 9.32. The highest BCUT2D eigenvalue weighted by Gasteiger charge is 2.57. The van der Waals surface area contributed by atoms with Gasteiger partial charge in [-0.25, -0.2) is 0 Å². The summed E-state index contributed by atoms with van der Waals surface area (Å²) in [6, 6.07) is 0. The van der Waals surface area contributed by atoms with Crippen molar-refractivity contribution in [1.29, 1.82) is 0 Å². The lowest BCUT2D eigenvalue weighted by Crippen LogP contribution is -2.48. The third kappa shape index (κ3) is 3.12. The molecule has 5 heteroatoms. The predicted octanol–water partition coefficient (Wildman–Crippen LogP) is 3.54. The number of allylic oxidation sites excluding steroid dienone is 1. The number of esters is 2. The van der Waals surface area contributed by atoms with Crippen molar-refractivity contribution in [2.45, 2.75) is 90.4 Å². The van der Waals surface area contributed by atoms with Crippen LogP contribution in [0.15, 0.2) is 11.1 Å². The summed E-state index contributed by atoms with van der Waals surface area (Å²) in [5.74, 6) is 1.27. The van der Waals surface area contributed by atoms with E-state index in [2.05, 4.69) is 6.92 Å². The smallest absolute Gasteiger partial charge is 0.303 e. The molecule has 0 unspecified atom stereocenters. The van der Waals surface area contributed by atoms with Crippen LogP contribution in [0.2, 0.25) is 0 Å². The molecule has 0 amide bonds. The van der Waals surface area contributed by atoms with Crippen LogP contribution < -0.4 is 0 Å². The summed E-state index contributed by atoms with van der Waals surface area (Å²) < 4.78 is 11.2. The number of rotatable bonds is 2. The number of ether oxygens (including phenoxy) is 2. The molecule has 27 heavy (non-hydrogen) atoms. The van der Waals surface area contributed by atoms with Crippen LogP contribution in [-0.4, -0.2) is 35.4 Å². The topological polar surface area (TPSA) is 72.8 Å². The molecule has 7 atom stereocenters. The van der Waals surface area contributed by atoms with Gasteiger partial charge in [-0.2, -0.15) is 0 Å². The number of aliphatic hydroxyl groups is 1. The van der Waals surface area contributed by atoms with Gasteiger partial charge in [-0.05, 0) is 74.7 Å². The Morgan fingerprint density at radius 2 is 1.67 bits per heavy atom. The summed E-state index contributed by atoms with van der Waals surface area (Å²) in [4.78, 5) is 23.1. The molecule has 0 heterocycles. The van der Waals surface area contributed by atoms with Crippen LogP contribution in [-0.2, 0) is 19.1 Å². The fourth-order valence-corrected chi connectivity index (χ4v) is 6.88. The molecule has 0 saturated heterocycles. The first-order valence-corrected chi connectivity index (χ1v) is 10.6. The fourth-order valence-electron chi connectivity index (χ4n) is 6.88. The molecule has 0 spiro atoms. The first kappa shape index (κ1) is 19.0. The average molecular weight is 376 g/mol. The molecule has 4 aliphatic carbocycles. The van der Waals surface area contributed by atoms with Crippen LogP contribution in [0, 0.1) is 23.2 Å². The molecule has 1 N–H and O–H groups in total. The molecule has 4 rings (SSSR count). The maximum absolute atomic E-state index is 11.5. The van der Waals surface area contributed by atoms with E-state index in [4.69, 9.17) is 9.47 Å².